The molecule has 3 aliphatic rings. The summed E-state index contributed by atoms with van der Waals surface area (Å²) in [6.45, 7) is 5.19. The fourth-order valence-corrected chi connectivity index (χ4v) is 16.1. The minimum atomic E-state index is -1.26. The molecule has 456 valence electrons. The van der Waals surface area contributed by atoms with Gasteiger partial charge in [-0.15, -0.1) is 68.0 Å². The third kappa shape index (κ3) is 13.0. The number of piperazine rings is 1. The maximum absolute atomic E-state index is 15.3. The molecule has 2 aromatic carbocycles. The Morgan fingerprint density at radius 3 is 2.09 bits per heavy atom. The van der Waals surface area contributed by atoms with Crippen LogP contribution in [0.25, 0.3) is 43.4 Å². The van der Waals surface area contributed by atoms with E-state index in [0.717, 1.165) is 34.0 Å². The highest BCUT2D eigenvalue weighted by Gasteiger charge is 2.46. The second-order valence-corrected chi connectivity index (χ2v) is 26.9. The molecule has 2 saturated heterocycles. The van der Waals surface area contributed by atoms with Crippen LogP contribution in [0.2, 0.25) is 0 Å². The number of nitrogens with zero attached hydrogens (tertiary/aromatic N) is 9. The number of benzene rings is 2. The molecule has 0 radical (unpaired) electrons. The molecular formula is C59H54N14O10S6. The van der Waals surface area contributed by atoms with E-state index < -0.39 is 90.0 Å². The molecule has 89 heavy (non-hydrogen) atoms. The largest absolute Gasteiger partial charge is 0.508 e. The van der Waals surface area contributed by atoms with Crippen LogP contribution in [0.4, 0.5) is 4.79 Å². The summed E-state index contributed by atoms with van der Waals surface area (Å²) in [6, 6.07) is 15.4. The Hall–Kier alpha value is -8.62. The second kappa shape index (κ2) is 25.8. The lowest BCUT2D eigenvalue weighted by Gasteiger charge is -2.31. The van der Waals surface area contributed by atoms with E-state index in [2.05, 4.69) is 20.9 Å². The molecule has 10 heterocycles. The van der Waals surface area contributed by atoms with Crippen LogP contribution in [0.5, 0.6) is 5.75 Å². The number of thiazole rings is 6. The van der Waals surface area contributed by atoms with Gasteiger partial charge in [-0.3, -0.25) is 28.8 Å². The number of fused-ring (bicyclic) bond motifs is 16. The number of primary amides is 2. The molecule has 9 aromatic rings. The molecule has 24 nitrogen and oxygen atoms in total. The molecule has 2 fully saturated rings. The zero-order valence-electron chi connectivity index (χ0n) is 47.2. The Bertz CT molecular complexity index is 4170. The number of phenolic OH excluding ortho intramolecular Hbond substituents is 1. The van der Waals surface area contributed by atoms with E-state index in [1.807, 2.05) is 6.92 Å². The highest BCUT2D eigenvalue weighted by Crippen LogP contribution is 2.44. The molecule has 6 amide bonds. The van der Waals surface area contributed by atoms with Gasteiger partial charge in [0.2, 0.25) is 11.8 Å². The van der Waals surface area contributed by atoms with Crippen molar-refractivity contribution in [2.24, 2.45) is 17.4 Å². The van der Waals surface area contributed by atoms with E-state index in [1.165, 1.54) is 61.8 Å². The molecule has 0 spiro atoms. The first kappa shape index (κ1) is 60.7. The van der Waals surface area contributed by atoms with E-state index in [0.29, 0.717) is 90.6 Å². The van der Waals surface area contributed by atoms with Crippen LogP contribution < -0.4 is 27.4 Å². The predicted molar refractivity (Wildman–Crippen MR) is 335 cm³/mol. The van der Waals surface area contributed by atoms with Crippen molar-refractivity contribution in [3.8, 4) is 49.1 Å². The highest BCUT2D eigenvalue weighted by molar-refractivity contribution is 7.15. The lowest BCUT2D eigenvalue weighted by molar-refractivity contribution is -0.134. The van der Waals surface area contributed by atoms with Gasteiger partial charge >= 0.3 is 6.09 Å². The number of phenols is 1. The number of pyridine rings is 1. The van der Waals surface area contributed by atoms with Crippen LogP contribution in [0.3, 0.4) is 0 Å². The van der Waals surface area contributed by atoms with Gasteiger partial charge in [0, 0.05) is 88.8 Å². The van der Waals surface area contributed by atoms with Gasteiger partial charge in [-0.05, 0) is 42.3 Å². The molecule has 7 atom stereocenters. The summed E-state index contributed by atoms with van der Waals surface area (Å²) in [4.78, 5) is 136. The van der Waals surface area contributed by atoms with Crippen LogP contribution in [0, 0.1) is 12.8 Å². The maximum atomic E-state index is 15.3. The number of aromatic hydroxyl groups is 1. The van der Waals surface area contributed by atoms with Crippen molar-refractivity contribution in [2.45, 2.75) is 69.4 Å². The quantitative estimate of drug-likeness (QED) is 0.0744. The average Bonchev–Trinajstić information content (AvgIpc) is 1.91. The molecule has 0 saturated carbocycles. The van der Waals surface area contributed by atoms with E-state index >= 15 is 9.59 Å². The van der Waals surface area contributed by atoms with Crippen molar-refractivity contribution in [1.29, 1.82) is 0 Å². The number of aliphatic hydroxyl groups is 1. The van der Waals surface area contributed by atoms with Crippen LogP contribution in [0.15, 0.2) is 93.6 Å². The first-order chi connectivity index (χ1) is 42.9. The lowest BCUT2D eigenvalue weighted by atomic mass is 9.90. The van der Waals surface area contributed by atoms with Crippen molar-refractivity contribution in [1.82, 2.24) is 60.6 Å². The fraction of sp³-hybridized carbons (Fsp3) is 0.288. The zero-order chi connectivity index (χ0) is 62.2. The smallest absolute Gasteiger partial charge is 0.410 e. The summed E-state index contributed by atoms with van der Waals surface area (Å²) in [5.41, 5.74) is 14.5. The number of rotatable bonds is 9. The van der Waals surface area contributed by atoms with Crippen LogP contribution in [-0.4, -0.2) is 141 Å². The van der Waals surface area contributed by atoms with Crippen LogP contribution in [0.1, 0.15) is 117 Å². The number of aliphatic hydroxyl groups excluding tert-OH is 1. The van der Waals surface area contributed by atoms with Gasteiger partial charge in [0.1, 0.15) is 87.8 Å². The molecule has 7 aromatic heterocycles. The topological polar surface area (TPSA) is 354 Å². The number of hydrogen-bond donors (Lipinski definition) is 7. The molecule has 10 bridgehead atoms. The number of ketones is 1. The standard InChI is InChI=1S/C59H54N14O10S6/c1-27-43(76)21-73-47(27)57-70-41(26-88-57)55-66-37(22-86-55)46-32(12-13-34(63-46)54-67-38(23-87-54)49(61)78)52-68-39(24-84-52)50(79)64-35(20-44(60)77)56-71-45(28(2)89-56)42(75)19-33(48(30-6-4-3-5-7-30)83-59(82)72-16-14-62-15-17-72)53-69-40(25-85-53)51(80)65-36(58(73)81)18-29-8-10-31(74)11-9-29/h3-13,22-27,33,35-36,43,47-48,62,74,76H,14-21H2,1-2H3,(H2,60,77)(H2,61,78)(H,64,79)(H,65,80)/t27-,33-,35-,36-,43-,47-,48+/m0/s1. The minimum absolute atomic E-state index is 0.00505. The zero-order valence-corrected chi connectivity index (χ0v) is 52.1. The second-order valence-electron chi connectivity index (χ2n) is 21.3. The number of nitrogens with two attached hydrogens (primary N) is 2. The SMILES string of the molecule is Cc1sc2nc1C(=O)C[C@@H]([C@H](OC(=O)N1CCNCC1)c1ccccc1)c1nc(cs1)C(=O)N[C@@H](Cc1ccc(O)cc1)C(=O)N1C[C@H](O)[C@H](C)[C@H]1c1nc(cs1)-c1nc(cs1)-c1nc(-c3nc(C(N)=O)cs3)ccc1-c1nc(cs1)C(=O)N[C@H]2CC(N)=O. The summed E-state index contributed by atoms with van der Waals surface area (Å²) in [5, 5.41) is 41.2. The first-order valence-corrected chi connectivity index (χ1v) is 33.1. The number of carbonyl (C=O) groups is 7. The predicted octanol–water partition coefficient (Wildman–Crippen LogP) is 7.32. The Morgan fingerprint density at radius 2 is 1.35 bits per heavy atom. The number of hydrogen-bond acceptors (Lipinski definition) is 24. The van der Waals surface area contributed by atoms with Crippen molar-refractivity contribution in [2.75, 3.05) is 32.7 Å². The number of aryl methyl sites for hydroxylation is 1. The van der Waals surface area contributed by atoms with Crippen molar-refractivity contribution >= 4 is 109 Å². The normalized spacial score (nSPS) is 20.3. The summed E-state index contributed by atoms with van der Waals surface area (Å²) in [6.07, 6.45) is -3.56. The highest BCUT2D eigenvalue weighted by atomic mass is 32.1. The lowest BCUT2D eigenvalue weighted by Crippen LogP contribution is -2.50. The van der Waals surface area contributed by atoms with Crippen LogP contribution in [-0.2, 0) is 20.7 Å². The maximum Gasteiger partial charge on any atom is 0.410 e. The molecule has 12 rings (SSSR count). The monoisotopic (exact) mass is 1310 g/mol. The van der Waals surface area contributed by atoms with Gasteiger partial charge < -0.3 is 52.2 Å². The molecule has 9 N–H and O–H groups in total. The third-order valence-corrected chi connectivity index (χ3v) is 20.9. The van der Waals surface area contributed by atoms with Gasteiger partial charge in [0.25, 0.3) is 17.7 Å². The van der Waals surface area contributed by atoms with Gasteiger partial charge in [-0.1, -0.05) is 49.4 Å². The molecule has 3 aliphatic heterocycles. The Labute approximate surface area is 531 Å². The molecule has 0 aliphatic carbocycles. The van der Waals surface area contributed by atoms with Gasteiger partial charge in [-0.2, -0.15) is 0 Å². The van der Waals surface area contributed by atoms with E-state index in [9.17, 15) is 34.2 Å². The van der Waals surface area contributed by atoms with Gasteiger partial charge in [0.05, 0.1) is 36.2 Å². The number of Topliss-reactive ketones (excluding diaryl/α,β-unsaturated/α-hetero) is 1. The van der Waals surface area contributed by atoms with Crippen molar-refractivity contribution in [3.63, 3.8) is 0 Å². The Balaban J connectivity index is 0.973. The van der Waals surface area contributed by atoms with E-state index in [4.69, 9.17) is 46.1 Å². The molecule has 30 heteroatoms. The van der Waals surface area contributed by atoms with Gasteiger partial charge in [-0.25, -0.2) is 39.7 Å². The van der Waals surface area contributed by atoms with Crippen molar-refractivity contribution in [3.05, 3.63) is 147 Å². The van der Waals surface area contributed by atoms with E-state index in [1.54, 1.807) is 82.6 Å². The molecular weight excluding hydrogens is 1260 g/mol. The number of aromatic nitrogens is 7. The van der Waals surface area contributed by atoms with Crippen LogP contribution >= 0.6 is 68.0 Å². The fourth-order valence-electron chi connectivity index (χ4n) is 10.7. The molecule has 0 unspecified atom stereocenters. The third-order valence-electron chi connectivity index (χ3n) is 15.3. The summed E-state index contributed by atoms with van der Waals surface area (Å²) < 4.78 is 6.42. The number of amides is 6. The number of carbonyl (C=O) groups excluding carboxylic acids is 7. The summed E-state index contributed by atoms with van der Waals surface area (Å²) >= 11 is 7.00. The minimum Gasteiger partial charge on any atom is -0.508 e. The number of nitrogens with one attached hydrogen (secondary N) is 3. The summed E-state index contributed by atoms with van der Waals surface area (Å²) in [7, 11) is 0. The van der Waals surface area contributed by atoms with E-state index in [-0.39, 0.29) is 57.9 Å². The van der Waals surface area contributed by atoms with Gasteiger partial charge in [0.15, 0.2) is 5.78 Å². The Morgan fingerprint density at radius 1 is 0.697 bits per heavy atom. The average molecular weight is 1310 g/mol. The Kier molecular flexibility index (Phi) is 17.6. The number of ether oxygens (including phenoxy) is 1. The summed E-state index contributed by atoms with van der Waals surface area (Å²) in [5.74, 6) is -5.50. The first-order valence-electron chi connectivity index (χ1n) is 27.9. The van der Waals surface area contributed by atoms with Crippen molar-refractivity contribution < 1.29 is 48.5 Å².